The second-order valence-electron chi connectivity index (χ2n) is 4.82. The summed E-state index contributed by atoms with van der Waals surface area (Å²) in [7, 11) is 0. The summed E-state index contributed by atoms with van der Waals surface area (Å²) in [6.07, 6.45) is 5.85. The Balaban J connectivity index is 1.71. The Hall–Kier alpha value is -1.03. The lowest BCUT2D eigenvalue weighted by Gasteiger charge is -2.23. The summed E-state index contributed by atoms with van der Waals surface area (Å²) < 4.78 is 0. The minimum absolute atomic E-state index is 0.567. The zero-order valence-corrected chi connectivity index (χ0v) is 10.8. The van der Waals surface area contributed by atoms with Crippen molar-refractivity contribution in [2.75, 3.05) is 11.1 Å². The molecule has 4 heteroatoms. The molecule has 0 amide bonds. The van der Waals surface area contributed by atoms with Crippen molar-refractivity contribution in [2.24, 2.45) is 10.9 Å². The number of hydrogen-bond donors (Lipinski definition) is 1. The van der Waals surface area contributed by atoms with Crippen LogP contribution in [-0.4, -0.2) is 21.9 Å². The van der Waals surface area contributed by atoms with Crippen molar-refractivity contribution in [3.63, 3.8) is 0 Å². The molecule has 3 nitrogen and oxygen atoms in total. The fourth-order valence-electron chi connectivity index (χ4n) is 2.49. The van der Waals surface area contributed by atoms with Gasteiger partial charge in [-0.2, -0.15) is 0 Å². The summed E-state index contributed by atoms with van der Waals surface area (Å²) >= 11 is 1.85. The molecule has 1 aliphatic heterocycles. The van der Waals surface area contributed by atoms with Crippen LogP contribution in [0.1, 0.15) is 25.0 Å². The Morgan fingerprint density at radius 2 is 2.29 bits per heavy atom. The third-order valence-corrected chi connectivity index (χ3v) is 4.57. The van der Waals surface area contributed by atoms with Gasteiger partial charge in [0.05, 0.1) is 17.9 Å². The standard InChI is InChI=1S/C13H17N3S/c1-9-5-6-11(7-14-9)15-13-16-12-4-2-3-10(12)8-17-13/h5-7,10,12H,2-4,8H2,1H3,(H,15,16). The molecule has 0 radical (unpaired) electrons. The van der Waals surface area contributed by atoms with Crippen LogP contribution in [0.3, 0.4) is 0 Å². The van der Waals surface area contributed by atoms with E-state index in [0.717, 1.165) is 22.5 Å². The number of aromatic nitrogens is 1. The summed E-state index contributed by atoms with van der Waals surface area (Å²) in [5.41, 5.74) is 2.09. The van der Waals surface area contributed by atoms with Crippen LogP contribution >= 0.6 is 11.8 Å². The quantitative estimate of drug-likeness (QED) is 0.828. The van der Waals surface area contributed by atoms with Crippen molar-refractivity contribution in [2.45, 2.75) is 32.2 Å². The average Bonchev–Trinajstić information content (AvgIpc) is 2.79. The first-order valence-electron chi connectivity index (χ1n) is 6.21. The number of amidine groups is 1. The largest absolute Gasteiger partial charge is 0.334 e. The van der Waals surface area contributed by atoms with Crippen LogP contribution < -0.4 is 5.32 Å². The van der Waals surface area contributed by atoms with E-state index in [1.54, 1.807) is 0 Å². The van der Waals surface area contributed by atoms with Crippen molar-refractivity contribution >= 4 is 22.6 Å². The molecule has 2 atom stereocenters. The van der Waals surface area contributed by atoms with Gasteiger partial charge < -0.3 is 5.32 Å². The van der Waals surface area contributed by atoms with Crippen LogP contribution in [0.15, 0.2) is 23.3 Å². The number of thioether (sulfide) groups is 1. The lowest BCUT2D eigenvalue weighted by atomic mass is 10.1. The van der Waals surface area contributed by atoms with Gasteiger partial charge in [-0.05, 0) is 37.8 Å². The van der Waals surface area contributed by atoms with Crippen LogP contribution in [0.5, 0.6) is 0 Å². The van der Waals surface area contributed by atoms with Gasteiger partial charge in [0.2, 0.25) is 0 Å². The fraction of sp³-hybridized carbons (Fsp3) is 0.538. The van der Waals surface area contributed by atoms with E-state index in [-0.39, 0.29) is 0 Å². The molecule has 1 fully saturated rings. The molecule has 2 heterocycles. The predicted molar refractivity (Wildman–Crippen MR) is 73.6 cm³/mol. The van der Waals surface area contributed by atoms with Gasteiger partial charge in [0.15, 0.2) is 5.17 Å². The first-order valence-corrected chi connectivity index (χ1v) is 7.20. The van der Waals surface area contributed by atoms with Gasteiger partial charge in [0, 0.05) is 11.4 Å². The molecule has 1 aliphatic carbocycles. The minimum atomic E-state index is 0.567. The van der Waals surface area contributed by atoms with Crippen molar-refractivity contribution in [1.29, 1.82) is 0 Å². The van der Waals surface area contributed by atoms with Crippen LogP contribution in [0, 0.1) is 12.8 Å². The first kappa shape index (κ1) is 11.1. The Bertz CT molecular complexity index is 427. The number of anilines is 1. The Kier molecular flexibility index (Phi) is 3.05. The van der Waals surface area contributed by atoms with Crippen molar-refractivity contribution in [3.8, 4) is 0 Å². The van der Waals surface area contributed by atoms with Crippen LogP contribution in [0.25, 0.3) is 0 Å². The van der Waals surface area contributed by atoms with Gasteiger partial charge in [-0.25, -0.2) is 0 Å². The number of fused-ring (bicyclic) bond motifs is 1. The number of nitrogens with one attached hydrogen (secondary N) is 1. The summed E-state index contributed by atoms with van der Waals surface area (Å²) in [5, 5.41) is 4.44. The second kappa shape index (κ2) is 4.69. The van der Waals surface area contributed by atoms with Gasteiger partial charge in [-0.3, -0.25) is 9.98 Å². The highest BCUT2D eigenvalue weighted by molar-refractivity contribution is 8.14. The van der Waals surface area contributed by atoms with E-state index in [4.69, 9.17) is 4.99 Å². The normalized spacial score (nSPS) is 27.5. The summed E-state index contributed by atoms with van der Waals surface area (Å²) in [6, 6.07) is 4.65. The van der Waals surface area contributed by atoms with Gasteiger partial charge in [0.1, 0.15) is 0 Å². The van der Waals surface area contributed by atoms with Crippen molar-refractivity contribution < 1.29 is 0 Å². The Labute approximate surface area is 106 Å². The highest BCUT2D eigenvalue weighted by Crippen LogP contribution is 2.35. The zero-order valence-electron chi connectivity index (χ0n) is 10.0. The van der Waals surface area contributed by atoms with E-state index >= 15 is 0 Å². The van der Waals surface area contributed by atoms with Crippen LogP contribution in [-0.2, 0) is 0 Å². The molecule has 17 heavy (non-hydrogen) atoms. The molecule has 1 aromatic rings. The van der Waals surface area contributed by atoms with E-state index in [9.17, 15) is 0 Å². The highest BCUT2D eigenvalue weighted by atomic mass is 32.2. The molecule has 1 aromatic heterocycles. The molecule has 90 valence electrons. The SMILES string of the molecule is Cc1ccc(NC2=NC3CCCC3CS2)cn1. The van der Waals surface area contributed by atoms with E-state index in [1.807, 2.05) is 30.9 Å². The van der Waals surface area contributed by atoms with Crippen molar-refractivity contribution in [1.82, 2.24) is 4.98 Å². The van der Waals surface area contributed by atoms with E-state index in [1.165, 1.54) is 25.0 Å². The molecule has 2 unspecified atom stereocenters. The topological polar surface area (TPSA) is 37.3 Å². The number of rotatable bonds is 1. The zero-order chi connectivity index (χ0) is 11.7. The molecule has 1 saturated carbocycles. The van der Waals surface area contributed by atoms with Crippen LogP contribution in [0.2, 0.25) is 0 Å². The highest BCUT2D eigenvalue weighted by Gasteiger charge is 2.30. The maximum Gasteiger partial charge on any atom is 0.161 e. The third kappa shape index (κ3) is 2.46. The lowest BCUT2D eigenvalue weighted by Crippen LogP contribution is -2.25. The van der Waals surface area contributed by atoms with Gasteiger partial charge in [0.25, 0.3) is 0 Å². The molecule has 0 saturated heterocycles. The van der Waals surface area contributed by atoms with Crippen LogP contribution in [0.4, 0.5) is 5.69 Å². The molecule has 1 N–H and O–H groups in total. The monoisotopic (exact) mass is 247 g/mol. The summed E-state index contributed by atoms with van der Waals surface area (Å²) in [6.45, 7) is 2.00. The minimum Gasteiger partial charge on any atom is -0.334 e. The smallest absolute Gasteiger partial charge is 0.161 e. The number of hydrogen-bond acceptors (Lipinski definition) is 4. The van der Waals surface area contributed by atoms with Crippen molar-refractivity contribution in [3.05, 3.63) is 24.0 Å². The number of nitrogens with zero attached hydrogens (tertiary/aromatic N) is 2. The average molecular weight is 247 g/mol. The van der Waals surface area contributed by atoms with Gasteiger partial charge >= 0.3 is 0 Å². The molecular weight excluding hydrogens is 230 g/mol. The second-order valence-corrected chi connectivity index (χ2v) is 5.83. The first-order chi connectivity index (χ1) is 8.31. The Morgan fingerprint density at radius 3 is 3.12 bits per heavy atom. The molecule has 0 aromatic carbocycles. The maximum absolute atomic E-state index is 4.80. The molecule has 0 spiro atoms. The van der Waals surface area contributed by atoms with Gasteiger partial charge in [-0.1, -0.05) is 18.2 Å². The maximum atomic E-state index is 4.80. The van der Waals surface area contributed by atoms with E-state index < -0.39 is 0 Å². The fourth-order valence-corrected chi connectivity index (χ4v) is 3.65. The third-order valence-electron chi connectivity index (χ3n) is 3.50. The summed E-state index contributed by atoms with van der Waals surface area (Å²) in [5.74, 6) is 2.04. The lowest BCUT2D eigenvalue weighted by molar-refractivity contribution is 0.535. The number of aryl methyl sites for hydroxylation is 1. The summed E-state index contributed by atoms with van der Waals surface area (Å²) in [4.78, 5) is 9.09. The van der Waals surface area contributed by atoms with Gasteiger partial charge in [-0.15, -0.1) is 0 Å². The number of pyridine rings is 1. The van der Waals surface area contributed by atoms with E-state index in [0.29, 0.717) is 6.04 Å². The molecule has 0 bridgehead atoms. The molecule has 2 aliphatic rings. The molecule has 3 rings (SSSR count). The number of aliphatic imine (C=N–C) groups is 1. The molecular formula is C13H17N3S. The predicted octanol–water partition coefficient (Wildman–Crippen LogP) is 3.07. The van der Waals surface area contributed by atoms with E-state index in [2.05, 4.69) is 16.4 Å². The Morgan fingerprint density at radius 1 is 1.35 bits per heavy atom.